The summed E-state index contributed by atoms with van der Waals surface area (Å²) >= 11 is 0. The standard InChI is InChI=1S/C45H70FNO4S/c1-29(2)32-14-23-45(47-40(5,6)31-17-26-52(50,51)27-18-31)25-24-42(8)34(37(32)45)10-11-36-41(7)19-15-33(39(3,4)35(41)16-20-43(36,42)9)30-12-21-44(28-46,22-13-30)38(48)49/h12,15,31-32,34-37,47H,1,10-11,13-14,16-28H2,2-9H3,(H,48,49)/t32-,34+,35-,36+,37+,41-,42+,43+,44-,45-/m0/s1. The van der Waals surface area contributed by atoms with Gasteiger partial charge in [0, 0.05) is 11.1 Å². The maximum Gasteiger partial charge on any atom is 0.312 e. The van der Waals surface area contributed by atoms with Crippen LogP contribution in [-0.2, 0) is 14.6 Å². The van der Waals surface area contributed by atoms with Crippen LogP contribution in [0.5, 0.6) is 0 Å². The third kappa shape index (κ3) is 5.55. The Labute approximate surface area is 315 Å². The van der Waals surface area contributed by atoms with Crippen LogP contribution in [0.15, 0.2) is 35.5 Å². The number of carboxylic acids is 1. The van der Waals surface area contributed by atoms with Crippen LogP contribution in [0.4, 0.5) is 4.39 Å². The monoisotopic (exact) mass is 740 g/mol. The molecule has 7 rings (SSSR count). The fraction of sp³-hybridized carbons (Fsp3) is 0.844. The molecule has 52 heavy (non-hydrogen) atoms. The van der Waals surface area contributed by atoms with Gasteiger partial charge < -0.3 is 10.4 Å². The Hall–Kier alpha value is -1.47. The topological polar surface area (TPSA) is 83.5 Å². The lowest BCUT2D eigenvalue weighted by Gasteiger charge is -2.72. The summed E-state index contributed by atoms with van der Waals surface area (Å²) in [6.45, 7) is 23.7. The molecule has 2 N–H and O–H groups in total. The largest absolute Gasteiger partial charge is 0.481 e. The Kier molecular flexibility index (Phi) is 9.34. The molecule has 7 aliphatic rings. The van der Waals surface area contributed by atoms with Crippen molar-refractivity contribution in [2.45, 2.75) is 156 Å². The summed E-state index contributed by atoms with van der Waals surface area (Å²) in [6, 6.07) is 0. The van der Waals surface area contributed by atoms with Gasteiger partial charge in [-0.05, 0) is 179 Å². The number of rotatable bonds is 7. The lowest BCUT2D eigenvalue weighted by Crippen LogP contribution is -2.70. The smallest absolute Gasteiger partial charge is 0.312 e. The van der Waals surface area contributed by atoms with Crippen LogP contribution in [0.25, 0.3) is 0 Å². The molecule has 0 bridgehead atoms. The number of allylic oxidation sites excluding steroid dienone is 5. The van der Waals surface area contributed by atoms with E-state index in [9.17, 15) is 22.7 Å². The lowest BCUT2D eigenvalue weighted by atomic mass is 9.32. The zero-order chi connectivity index (χ0) is 37.9. The summed E-state index contributed by atoms with van der Waals surface area (Å²) in [5, 5.41) is 14.2. The summed E-state index contributed by atoms with van der Waals surface area (Å²) in [6.07, 6.45) is 18.3. The van der Waals surface area contributed by atoms with Gasteiger partial charge in [0.15, 0.2) is 0 Å². The van der Waals surface area contributed by atoms with E-state index in [1.54, 1.807) is 0 Å². The molecule has 7 heteroatoms. The Morgan fingerprint density at radius 1 is 0.904 bits per heavy atom. The molecule has 4 saturated carbocycles. The van der Waals surface area contributed by atoms with E-state index in [0.29, 0.717) is 59.9 Å². The first-order valence-corrected chi connectivity index (χ1v) is 22.8. The molecule has 0 aromatic heterocycles. The SMILES string of the molecule is C=C(C)[C@@H]1CC[C@]2(NC(C)(C)C3CCS(=O)(=O)CC3)CC[C@]3(C)[C@H](CC[C@@H]4[C@@]5(C)CC=C(C6=CC[C@](CF)(C(=O)O)CC6)C(C)(C)[C@@H]5CC[C@]43C)[C@@H]12. The molecule has 1 aliphatic heterocycles. The highest BCUT2D eigenvalue weighted by atomic mass is 32.2. The molecule has 0 unspecified atom stereocenters. The van der Waals surface area contributed by atoms with Gasteiger partial charge in [-0.25, -0.2) is 12.8 Å². The Balaban J connectivity index is 1.18. The van der Waals surface area contributed by atoms with E-state index >= 15 is 0 Å². The third-order valence-electron chi connectivity index (χ3n) is 18.5. The van der Waals surface area contributed by atoms with Crippen LogP contribution in [0.3, 0.4) is 0 Å². The van der Waals surface area contributed by atoms with Crippen LogP contribution in [0.1, 0.15) is 145 Å². The molecule has 1 saturated heterocycles. The fourth-order valence-electron chi connectivity index (χ4n) is 15.4. The van der Waals surface area contributed by atoms with Gasteiger partial charge in [-0.15, -0.1) is 0 Å². The van der Waals surface area contributed by atoms with Gasteiger partial charge in [-0.2, -0.15) is 0 Å². The van der Waals surface area contributed by atoms with Crippen molar-refractivity contribution in [2.24, 2.45) is 62.6 Å². The highest BCUT2D eigenvalue weighted by Gasteiger charge is 2.71. The summed E-state index contributed by atoms with van der Waals surface area (Å²) in [5.41, 5.74) is 3.32. The predicted molar refractivity (Wildman–Crippen MR) is 209 cm³/mol. The van der Waals surface area contributed by atoms with Gasteiger partial charge in [-0.3, -0.25) is 4.79 Å². The van der Waals surface area contributed by atoms with Gasteiger partial charge in [0.25, 0.3) is 0 Å². The van der Waals surface area contributed by atoms with E-state index in [1.807, 2.05) is 0 Å². The number of sulfone groups is 1. The van der Waals surface area contributed by atoms with Crippen LogP contribution in [0, 0.1) is 62.6 Å². The van der Waals surface area contributed by atoms with E-state index in [-0.39, 0.29) is 39.2 Å². The quantitative estimate of drug-likeness (QED) is 0.254. The van der Waals surface area contributed by atoms with Crippen molar-refractivity contribution in [2.75, 3.05) is 18.2 Å². The minimum atomic E-state index is -2.91. The van der Waals surface area contributed by atoms with E-state index in [2.05, 4.69) is 79.4 Å². The minimum absolute atomic E-state index is 0.0248. The number of hydrogen-bond acceptors (Lipinski definition) is 4. The zero-order valence-electron chi connectivity index (χ0n) is 33.8. The second-order valence-corrected chi connectivity index (χ2v) is 23.6. The number of halogens is 1. The molecule has 5 nitrogen and oxygen atoms in total. The molecule has 0 aromatic rings. The van der Waals surface area contributed by atoms with Crippen LogP contribution in [0.2, 0.25) is 0 Å². The molecule has 10 atom stereocenters. The molecule has 0 amide bonds. The lowest BCUT2D eigenvalue weighted by molar-refractivity contribution is -0.222. The number of carboxylic acid groups (broad SMARTS) is 1. The Morgan fingerprint density at radius 2 is 1.60 bits per heavy atom. The highest BCUT2D eigenvalue weighted by Crippen LogP contribution is 2.76. The van der Waals surface area contributed by atoms with Gasteiger partial charge in [0.1, 0.15) is 16.5 Å². The van der Waals surface area contributed by atoms with Crippen LogP contribution < -0.4 is 5.32 Å². The van der Waals surface area contributed by atoms with Crippen molar-refractivity contribution in [3.8, 4) is 0 Å². The summed E-state index contributed by atoms with van der Waals surface area (Å²) in [5.74, 6) is 2.89. The first kappa shape index (κ1) is 38.8. The molecular weight excluding hydrogens is 670 g/mol. The van der Waals surface area contributed by atoms with Crippen molar-refractivity contribution < 1.29 is 22.7 Å². The summed E-state index contributed by atoms with van der Waals surface area (Å²) in [7, 11) is -2.91. The molecule has 6 aliphatic carbocycles. The Bertz CT molecular complexity index is 1650. The predicted octanol–water partition coefficient (Wildman–Crippen LogP) is 10.3. The van der Waals surface area contributed by atoms with Gasteiger partial charge in [0.2, 0.25) is 0 Å². The summed E-state index contributed by atoms with van der Waals surface area (Å²) < 4.78 is 38.7. The maximum absolute atomic E-state index is 14.0. The van der Waals surface area contributed by atoms with E-state index in [4.69, 9.17) is 0 Å². The van der Waals surface area contributed by atoms with E-state index in [0.717, 1.165) is 19.3 Å². The molecule has 5 fully saturated rings. The van der Waals surface area contributed by atoms with Crippen molar-refractivity contribution in [3.05, 3.63) is 35.5 Å². The molecular formula is C45H70FNO4S. The molecule has 0 spiro atoms. The van der Waals surface area contributed by atoms with E-state index in [1.165, 1.54) is 68.1 Å². The first-order valence-electron chi connectivity index (χ1n) is 21.0. The van der Waals surface area contributed by atoms with Gasteiger partial charge in [0.05, 0.1) is 16.9 Å². The van der Waals surface area contributed by atoms with Gasteiger partial charge >= 0.3 is 5.97 Å². The number of hydrogen-bond donors (Lipinski definition) is 2. The Morgan fingerprint density at radius 3 is 2.19 bits per heavy atom. The van der Waals surface area contributed by atoms with Crippen LogP contribution >= 0.6 is 0 Å². The number of carbonyl (C=O) groups is 1. The van der Waals surface area contributed by atoms with Crippen LogP contribution in [-0.4, -0.2) is 48.8 Å². The normalized spacial score (nSPS) is 45.8. The maximum atomic E-state index is 14.0. The average Bonchev–Trinajstić information content (AvgIpc) is 3.44. The second-order valence-electron chi connectivity index (χ2n) is 21.3. The van der Waals surface area contributed by atoms with Crippen molar-refractivity contribution in [1.82, 2.24) is 5.32 Å². The molecule has 0 radical (unpaired) electrons. The van der Waals surface area contributed by atoms with E-state index < -0.39 is 27.9 Å². The first-order chi connectivity index (χ1) is 24.1. The average molecular weight is 740 g/mol. The number of nitrogens with one attached hydrogen (secondary N) is 1. The second kappa shape index (κ2) is 12.5. The number of aliphatic carboxylic acids is 1. The third-order valence-corrected chi connectivity index (χ3v) is 20.2. The van der Waals surface area contributed by atoms with Gasteiger partial charge in [-0.1, -0.05) is 58.9 Å². The van der Waals surface area contributed by atoms with Crippen molar-refractivity contribution in [1.29, 1.82) is 0 Å². The highest BCUT2D eigenvalue weighted by molar-refractivity contribution is 7.91. The molecule has 292 valence electrons. The zero-order valence-corrected chi connectivity index (χ0v) is 34.6. The number of fused-ring (bicyclic) bond motifs is 7. The van der Waals surface area contributed by atoms with Crippen molar-refractivity contribution in [3.63, 3.8) is 0 Å². The number of alkyl halides is 1. The fourth-order valence-corrected chi connectivity index (χ4v) is 16.9. The van der Waals surface area contributed by atoms with Crippen molar-refractivity contribution >= 4 is 15.8 Å². The molecule has 1 heterocycles. The molecule has 0 aromatic carbocycles. The minimum Gasteiger partial charge on any atom is -0.481 e. The summed E-state index contributed by atoms with van der Waals surface area (Å²) in [4.78, 5) is 12.0.